The molecule has 1 aliphatic carbocycles. The van der Waals surface area contributed by atoms with Gasteiger partial charge in [-0.25, -0.2) is 4.98 Å². The first-order valence-corrected chi connectivity index (χ1v) is 12.6. The fraction of sp³-hybridized carbons (Fsp3) is 0.346. The third-order valence-corrected chi connectivity index (χ3v) is 7.52. The van der Waals surface area contributed by atoms with Crippen molar-refractivity contribution >= 4 is 27.4 Å². The molecular formula is C26H28N4O6S. The minimum absolute atomic E-state index is 0.0758. The molecule has 5 rings (SSSR count). The molecule has 2 aromatic carbocycles. The number of nitrogens with one attached hydrogen (secondary N) is 1. The molecule has 194 valence electrons. The molecule has 4 aromatic rings. The van der Waals surface area contributed by atoms with Crippen molar-refractivity contribution in [1.29, 1.82) is 0 Å². The number of nitrogens with zero attached hydrogens (tertiary/aromatic N) is 3. The highest BCUT2D eigenvalue weighted by Gasteiger charge is 2.41. The monoisotopic (exact) mass is 524 g/mol. The number of anilines is 1. The molecule has 0 aliphatic heterocycles. The van der Waals surface area contributed by atoms with Crippen molar-refractivity contribution in [2.75, 3.05) is 26.1 Å². The molecule has 1 saturated carbocycles. The quantitative estimate of drug-likeness (QED) is 0.271. The van der Waals surface area contributed by atoms with Crippen LogP contribution in [0.5, 0.6) is 23.3 Å². The topological polar surface area (TPSA) is 139 Å². The number of methoxy groups -OCH3 is 2. The second kappa shape index (κ2) is 10.5. The zero-order chi connectivity index (χ0) is 26.1. The van der Waals surface area contributed by atoms with E-state index in [1.165, 1.54) is 11.3 Å². The smallest absolute Gasteiger partial charge is 0.324 e. The molecule has 0 radical (unpaired) electrons. The second-order valence-corrected chi connectivity index (χ2v) is 9.89. The third kappa shape index (κ3) is 5.03. The van der Waals surface area contributed by atoms with Gasteiger partial charge < -0.3 is 34.8 Å². The number of fused-ring (bicyclic) bond motifs is 1. The van der Waals surface area contributed by atoms with E-state index in [-0.39, 0.29) is 12.6 Å². The minimum Gasteiger partial charge on any atom is -0.496 e. The molecule has 2 aromatic heterocycles. The van der Waals surface area contributed by atoms with Crippen LogP contribution in [0, 0.1) is 12.8 Å². The lowest BCUT2D eigenvalue weighted by Gasteiger charge is -2.21. The molecule has 0 amide bonds. The lowest BCUT2D eigenvalue weighted by molar-refractivity contribution is 0.00446. The van der Waals surface area contributed by atoms with E-state index in [9.17, 15) is 15.3 Å². The first kappa shape index (κ1) is 25.2. The van der Waals surface area contributed by atoms with Crippen LogP contribution in [0.25, 0.3) is 20.8 Å². The second-order valence-electron chi connectivity index (χ2n) is 8.86. The summed E-state index contributed by atoms with van der Waals surface area (Å²) in [5.74, 6) is 1.49. The average Bonchev–Trinajstić information content (AvgIpc) is 3.44. The molecule has 1 fully saturated rings. The fourth-order valence-electron chi connectivity index (χ4n) is 4.50. The van der Waals surface area contributed by atoms with Crippen LogP contribution in [0.1, 0.15) is 12.1 Å². The van der Waals surface area contributed by atoms with Gasteiger partial charge in [-0.3, -0.25) is 0 Å². The Bertz CT molecular complexity index is 1360. The summed E-state index contributed by atoms with van der Waals surface area (Å²) in [6.45, 7) is 1.61. The number of benzene rings is 2. The summed E-state index contributed by atoms with van der Waals surface area (Å²) < 4.78 is 17.7. The molecule has 2 heterocycles. The zero-order valence-corrected chi connectivity index (χ0v) is 21.4. The highest BCUT2D eigenvalue weighted by Crippen LogP contribution is 2.39. The summed E-state index contributed by atoms with van der Waals surface area (Å²) in [4.78, 5) is 14.0. The molecule has 37 heavy (non-hydrogen) atoms. The predicted octanol–water partition coefficient (Wildman–Crippen LogP) is 3.39. The van der Waals surface area contributed by atoms with E-state index < -0.39 is 24.2 Å². The fourth-order valence-corrected chi connectivity index (χ4v) is 5.57. The van der Waals surface area contributed by atoms with Crippen molar-refractivity contribution in [3.8, 4) is 33.8 Å². The van der Waals surface area contributed by atoms with Crippen molar-refractivity contribution in [3.63, 3.8) is 0 Å². The molecule has 11 heteroatoms. The van der Waals surface area contributed by atoms with E-state index in [0.29, 0.717) is 45.8 Å². The lowest BCUT2D eigenvalue weighted by atomic mass is 10.1. The lowest BCUT2D eigenvalue weighted by Crippen LogP contribution is -2.35. The van der Waals surface area contributed by atoms with Gasteiger partial charge in [-0.2, -0.15) is 9.97 Å². The number of ether oxygens (including phenoxy) is 3. The Kier molecular flexibility index (Phi) is 7.11. The Morgan fingerprint density at radius 2 is 1.68 bits per heavy atom. The Morgan fingerprint density at radius 1 is 0.973 bits per heavy atom. The number of aryl methyl sites for hydroxylation is 1. The van der Waals surface area contributed by atoms with Crippen molar-refractivity contribution < 1.29 is 29.5 Å². The number of thiazole rings is 1. The van der Waals surface area contributed by atoms with Crippen molar-refractivity contribution in [3.05, 3.63) is 48.2 Å². The van der Waals surface area contributed by atoms with Gasteiger partial charge in [0, 0.05) is 30.7 Å². The maximum absolute atomic E-state index is 10.6. The SMILES string of the molecule is COc1cc(OC)cc(Oc2nc(C)c(-c3nc4ccccc4s3)c(N[C@@H]3C[C@H](CO)[C@@H](O)[C@H]3O)n2)c1. The van der Waals surface area contributed by atoms with Crippen molar-refractivity contribution in [1.82, 2.24) is 15.0 Å². The maximum atomic E-state index is 10.6. The van der Waals surface area contributed by atoms with Crippen LogP contribution < -0.4 is 19.5 Å². The van der Waals surface area contributed by atoms with Gasteiger partial charge in [0.25, 0.3) is 0 Å². The number of hydrogen-bond donors (Lipinski definition) is 4. The van der Waals surface area contributed by atoms with Crippen LogP contribution in [0.2, 0.25) is 0 Å². The van der Waals surface area contributed by atoms with Gasteiger partial charge in [0.05, 0.1) is 47.8 Å². The molecule has 4 N–H and O–H groups in total. The molecule has 10 nitrogen and oxygen atoms in total. The van der Waals surface area contributed by atoms with Gasteiger partial charge in [-0.15, -0.1) is 11.3 Å². The molecule has 0 spiro atoms. The van der Waals surface area contributed by atoms with Gasteiger partial charge in [0.1, 0.15) is 34.2 Å². The zero-order valence-electron chi connectivity index (χ0n) is 20.6. The summed E-state index contributed by atoms with van der Waals surface area (Å²) >= 11 is 1.51. The number of rotatable bonds is 8. The summed E-state index contributed by atoms with van der Waals surface area (Å²) in [6.07, 6.45) is -1.76. The van der Waals surface area contributed by atoms with Crippen molar-refractivity contribution in [2.24, 2.45) is 5.92 Å². The first-order chi connectivity index (χ1) is 17.9. The normalized spacial score (nSPS) is 21.2. The van der Waals surface area contributed by atoms with E-state index in [1.54, 1.807) is 32.4 Å². The van der Waals surface area contributed by atoms with E-state index in [2.05, 4.69) is 15.3 Å². The number of aliphatic hydroxyl groups excluding tert-OH is 3. The maximum Gasteiger partial charge on any atom is 0.324 e. The number of aliphatic hydroxyl groups is 3. The number of para-hydroxylation sites is 1. The highest BCUT2D eigenvalue weighted by atomic mass is 32.1. The minimum atomic E-state index is -1.08. The van der Waals surface area contributed by atoms with Crippen LogP contribution in [0.4, 0.5) is 5.82 Å². The van der Waals surface area contributed by atoms with Gasteiger partial charge in [0.15, 0.2) is 0 Å². The average molecular weight is 525 g/mol. The van der Waals surface area contributed by atoms with Crippen LogP contribution in [-0.4, -0.2) is 69.3 Å². The standard InChI is InChI=1S/C26H28N4O6S/c1-13-21(25-29-18-6-4-5-7-20(18)37-25)24(28-19-8-14(12-31)22(32)23(19)33)30-26(27-13)36-17-10-15(34-2)9-16(11-17)35-3/h4-7,9-11,14,19,22-23,31-33H,8,12H2,1-3H3,(H,27,28,30)/t14-,19-,22-,23+/m1/s1. The van der Waals surface area contributed by atoms with E-state index in [0.717, 1.165) is 10.2 Å². The Hall–Kier alpha value is -3.51. The summed E-state index contributed by atoms with van der Waals surface area (Å²) in [7, 11) is 3.10. The van der Waals surface area contributed by atoms with Gasteiger partial charge in [0.2, 0.25) is 0 Å². The largest absolute Gasteiger partial charge is 0.496 e. The van der Waals surface area contributed by atoms with Crippen LogP contribution in [-0.2, 0) is 0 Å². The molecule has 0 saturated heterocycles. The van der Waals surface area contributed by atoms with Crippen LogP contribution >= 0.6 is 11.3 Å². The van der Waals surface area contributed by atoms with Crippen molar-refractivity contribution in [2.45, 2.75) is 31.6 Å². The molecule has 4 atom stereocenters. The molecule has 0 bridgehead atoms. The molecular weight excluding hydrogens is 496 g/mol. The van der Waals surface area contributed by atoms with Gasteiger partial charge >= 0.3 is 6.01 Å². The Labute approximate surface area is 217 Å². The molecule has 0 unspecified atom stereocenters. The predicted molar refractivity (Wildman–Crippen MR) is 140 cm³/mol. The third-order valence-electron chi connectivity index (χ3n) is 6.47. The van der Waals surface area contributed by atoms with Gasteiger partial charge in [-0.1, -0.05) is 12.1 Å². The highest BCUT2D eigenvalue weighted by molar-refractivity contribution is 7.21. The summed E-state index contributed by atoms with van der Waals surface area (Å²) in [6, 6.07) is 12.5. The summed E-state index contributed by atoms with van der Waals surface area (Å²) in [5.41, 5.74) is 2.15. The molecule has 1 aliphatic rings. The van der Waals surface area contributed by atoms with E-state index in [1.807, 2.05) is 31.2 Å². The summed E-state index contributed by atoms with van der Waals surface area (Å²) in [5, 5.41) is 34.6. The first-order valence-electron chi connectivity index (χ1n) is 11.8. The van der Waals surface area contributed by atoms with E-state index in [4.69, 9.17) is 19.2 Å². The number of aromatic nitrogens is 3. The van der Waals surface area contributed by atoms with Gasteiger partial charge in [-0.05, 0) is 25.5 Å². The van der Waals surface area contributed by atoms with E-state index >= 15 is 0 Å². The van der Waals surface area contributed by atoms with Crippen LogP contribution in [0.15, 0.2) is 42.5 Å². The Balaban J connectivity index is 1.56. The Morgan fingerprint density at radius 3 is 2.32 bits per heavy atom. The number of hydrogen-bond acceptors (Lipinski definition) is 11. The van der Waals surface area contributed by atoms with Crippen LogP contribution in [0.3, 0.4) is 0 Å².